The number of hydrogen-bond donors (Lipinski definition) is 1. The Kier molecular flexibility index (Phi) is 11.2. The Labute approximate surface area is 246 Å². The summed E-state index contributed by atoms with van der Waals surface area (Å²) in [6.07, 6.45) is 6.09. The summed E-state index contributed by atoms with van der Waals surface area (Å²) < 4.78 is 0. The average molecular weight is 584 g/mol. The lowest BCUT2D eigenvalue weighted by atomic mass is 9.94. The van der Waals surface area contributed by atoms with Gasteiger partial charge in [0, 0.05) is 51.7 Å². The van der Waals surface area contributed by atoms with Crippen LogP contribution in [0.15, 0.2) is 77.7 Å². The Morgan fingerprint density at radius 3 is 2.26 bits per heavy atom. The highest BCUT2D eigenvalue weighted by atomic mass is 35.5. The minimum atomic E-state index is -0.682. The van der Waals surface area contributed by atoms with E-state index in [0.29, 0.717) is 34.2 Å². The second kappa shape index (κ2) is 14.8. The van der Waals surface area contributed by atoms with Crippen molar-refractivity contribution in [1.82, 2.24) is 10.2 Å². The molecule has 2 amide bonds. The van der Waals surface area contributed by atoms with Crippen LogP contribution < -0.4 is 5.32 Å². The molecule has 0 radical (unpaired) electrons. The Morgan fingerprint density at radius 1 is 0.923 bits per heavy atom. The SMILES string of the molecule is Cc1ccc(SCCC(=O)N(Cc2c(Cl)cccc2Cl)[C@H](Cc2ccccc2)C(=O)NC2CCCCC2)cc1. The third-order valence-electron chi connectivity index (χ3n) is 7.22. The van der Waals surface area contributed by atoms with Crippen LogP contribution in [-0.4, -0.2) is 34.6 Å². The second-order valence-corrected chi connectivity index (χ2v) is 12.2. The largest absolute Gasteiger partial charge is 0.352 e. The number of nitrogens with one attached hydrogen (secondary N) is 1. The first-order valence-electron chi connectivity index (χ1n) is 13.7. The lowest BCUT2D eigenvalue weighted by molar-refractivity contribution is -0.141. The average Bonchev–Trinajstić information content (AvgIpc) is 2.94. The van der Waals surface area contributed by atoms with E-state index < -0.39 is 6.04 Å². The number of hydrogen-bond acceptors (Lipinski definition) is 3. The van der Waals surface area contributed by atoms with Crippen molar-refractivity contribution in [1.29, 1.82) is 0 Å². The van der Waals surface area contributed by atoms with Crippen LogP contribution in [0.2, 0.25) is 10.0 Å². The Morgan fingerprint density at radius 2 is 1.59 bits per heavy atom. The number of carbonyl (C=O) groups excluding carboxylic acids is 2. The van der Waals surface area contributed by atoms with Crippen LogP contribution in [0.3, 0.4) is 0 Å². The lowest BCUT2D eigenvalue weighted by Crippen LogP contribution is -2.53. The van der Waals surface area contributed by atoms with Gasteiger partial charge in [0.15, 0.2) is 0 Å². The maximum atomic E-state index is 13.9. The summed E-state index contributed by atoms with van der Waals surface area (Å²) in [5.74, 6) is 0.399. The van der Waals surface area contributed by atoms with E-state index in [1.807, 2.05) is 30.3 Å². The molecule has 0 aliphatic heterocycles. The Bertz CT molecular complexity index is 1210. The number of nitrogens with zero attached hydrogens (tertiary/aromatic N) is 1. The van der Waals surface area contributed by atoms with Gasteiger partial charge in [-0.3, -0.25) is 9.59 Å². The van der Waals surface area contributed by atoms with Crippen LogP contribution in [0.1, 0.15) is 55.2 Å². The number of carbonyl (C=O) groups is 2. The molecule has 1 N–H and O–H groups in total. The van der Waals surface area contributed by atoms with E-state index in [0.717, 1.165) is 36.1 Å². The molecule has 4 rings (SSSR count). The minimum absolute atomic E-state index is 0.0923. The predicted octanol–water partition coefficient (Wildman–Crippen LogP) is 7.87. The highest BCUT2D eigenvalue weighted by Gasteiger charge is 2.32. The minimum Gasteiger partial charge on any atom is -0.352 e. The third kappa shape index (κ3) is 8.76. The van der Waals surface area contributed by atoms with Crippen molar-refractivity contribution in [3.63, 3.8) is 0 Å². The van der Waals surface area contributed by atoms with Gasteiger partial charge >= 0.3 is 0 Å². The number of benzene rings is 3. The van der Waals surface area contributed by atoms with Crippen molar-refractivity contribution < 1.29 is 9.59 Å². The van der Waals surface area contributed by atoms with E-state index in [1.165, 1.54) is 12.0 Å². The molecule has 3 aromatic carbocycles. The van der Waals surface area contributed by atoms with Gasteiger partial charge in [-0.05, 0) is 49.6 Å². The van der Waals surface area contributed by atoms with Gasteiger partial charge in [-0.1, -0.05) is 96.6 Å². The van der Waals surface area contributed by atoms with Crippen LogP contribution in [0.4, 0.5) is 0 Å². The molecule has 4 nitrogen and oxygen atoms in total. The van der Waals surface area contributed by atoms with Gasteiger partial charge in [-0.2, -0.15) is 0 Å². The van der Waals surface area contributed by atoms with E-state index >= 15 is 0 Å². The lowest BCUT2D eigenvalue weighted by Gasteiger charge is -2.34. The summed E-state index contributed by atoms with van der Waals surface area (Å²) in [7, 11) is 0. The summed E-state index contributed by atoms with van der Waals surface area (Å²) in [5.41, 5.74) is 2.85. The number of aryl methyl sites for hydroxylation is 1. The van der Waals surface area contributed by atoms with Crippen LogP contribution >= 0.6 is 35.0 Å². The van der Waals surface area contributed by atoms with E-state index in [1.54, 1.807) is 34.9 Å². The van der Waals surface area contributed by atoms with Crippen molar-refractivity contribution in [3.05, 3.63) is 99.5 Å². The third-order valence-corrected chi connectivity index (χ3v) is 8.94. The van der Waals surface area contributed by atoms with Crippen molar-refractivity contribution in [2.24, 2.45) is 0 Å². The zero-order valence-electron chi connectivity index (χ0n) is 22.4. The molecule has 0 spiro atoms. The molecule has 3 aromatic rings. The molecule has 0 unspecified atom stereocenters. The molecule has 0 saturated heterocycles. The number of rotatable bonds is 11. The van der Waals surface area contributed by atoms with Crippen LogP contribution in [-0.2, 0) is 22.6 Å². The number of thioether (sulfide) groups is 1. The van der Waals surface area contributed by atoms with Gasteiger partial charge in [0.2, 0.25) is 11.8 Å². The molecule has 0 heterocycles. The second-order valence-electron chi connectivity index (χ2n) is 10.2. The maximum absolute atomic E-state index is 13.9. The molecule has 206 valence electrons. The zero-order valence-corrected chi connectivity index (χ0v) is 24.7. The number of amides is 2. The highest BCUT2D eigenvalue weighted by Crippen LogP contribution is 2.28. The van der Waals surface area contributed by atoms with Gasteiger partial charge in [0.05, 0.1) is 0 Å². The monoisotopic (exact) mass is 582 g/mol. The van der Waals surface area contributed by atoms with E-state index in [9.17, 15) is 9.59 Å². The Hall–Kier alpha value is -2.47. The van der Waals surface area contributed by atoms with Crippen LogP contribution in [0, 0.1) is 6.92 Å². The van der Waals surface area contributed by atoms with Crippen molar-refractivity contribution >= 4 is 46.8 Å². The van der Waals surface area contributed by atoms with Crippen LogP contribution in [0.5, 0.6) is 0 Å². The van der Waals surface area contributed by atoms with Crippen molar-refractivity contribution in [2.45, 2.75) is 75.4 Å². The van der Waals surface area contributed by atoms with Crippen LogP contribution in [0.25, 0.3) is 0 Å². The highest BCUT2D eigenvalue weighted by molar-refractivity contribution is 7.99. The first kappa shape index (κ1) is 29.5. The number of halogens is 2. The first-order chi connectivity index (χ1) is 18.9. The van der Waals surface area contributed by atoms with Crippen molar-refractivity contribution in [2.75, 3.05) is 5.75 Å². The Balaban J connectivity index is 1.60. The fourth-order valence-corrected chi connectivity index (χ4v) is 6.34. The standard InChI is InChI=1S/C32H36Cl2N2O2S/c1-23-15-17-26(18-16-23)39-20-19-31(37)36(22-27-28(33)13-8-14-29(27)34)30(21-24-9-4-2-5-10-24)32(38)35-25-11-6-3-7-12-25/h2,4-5,8-10,13-18,25,30H,3,6-7,11-12,19-22H2,1H3,(H,35,38)/t30-/m1/s1. The van der Waals surface area contributed by atoms with E-state index in [-0.39, 0.29) is 24.4 Å². The molecule has 1 aliphatic carbocycles. The summed E-state index contributed by atoms with van der Waals surface area (Å²) in [6, 6.07) is 22.9. The molecule has 1 fully saturated rings. The quantitative estimate of drug-likeness (QED) is 0.234. The first-order valence-corrected chi connectivity index (χ1v) is 15.4. The summed E-state index contributed by atoms with van der Waals surface area (Å²) in [4.78, 5) is 30.6. The molecule has 0 aromatic heterocycles. The topological polar surface area (TPSA) is 49.4 Å². The zero-order chi connectivity index (χ0) is 27.6. The van der Waals surface area contributed by atoms with E-state index in [4.69, 9.17) is 23.2 Å². The summed E-state index contributed by atoms with van der Waals surface area (Å²) in [5, 5.41) is 4.25. The summed E-state index contributed by atoms with van der Waals surface area (Å²) >= 11 is 14.7. The molecule has 0 bridgehead atoms. The molecule has 7 heteroatoms. The summed E-state index contributed by atoms with van der Waals surface area (Å²) in [6.45, 7) is 2.23. The molecule has 1 aliphatic rings. The molecule has 1 atom stereocenters. The van der Waals surface area contributed by atoms with Gasteiger partial charge in [-0.15, -0.1) is 11.8 Å². The van der Waals surface area contributed by atoms with Gasteiger partial charge in [0.1, 0.15) is 6.04 Å². The van der Waals surface area contributed by atoms with Crippen molar-refractivity contribution in [3.8, 4) is 0 Å². The maximum Gasteiger partial charge on any atom is 0.243 e. The molecular weight excluding hydrogens is 547 g/mol. The molecule has 1 saturated carbocycles. The van der Waals surface area contributed by atoms with Gasteiger partial charge < -0.3 is 10.2 Å². The smallest absolute Gasteiger partial charge is 0.243 e. The van der Waals surface area contributed by atoms with E-state index in [2.05, 4.69) is 36.5 Å². The van der Waals surface area contributed by atoms with Gasteiger partial charge in [0.25, 0.3) is 0 Å². The molecular formula is C32H36Cl2N2O2S. The predicted molar refractivity (Wildman–Crippen MR) is 162 cm³/mol. The molecule has 39 heavy (non-hydrogen) atoms. The van der Waals surface area contributed by atoms with Gasteiger partial charge in [-0.25, -0.2) is 0 Å². The normalized spacial score (nSPS) is 14.5. The fraction of sp³-hybridized carbons (Fsp3) is 0.375. The fourth-order valence-electron chi connectivity index (χ4n) is 4.99.